The Morgan fingerprint density at radius 1 is 0.692 bits per heavy atom. The van der Waals surface area contributed by atoms with Gasteiger partial charge in [0.25, 0.3) is 0 Å². The summed E-state index contributed by atoms with van der Waals surface area (Å²) in [4.78, 5) is 29.4. The van der Waals surface area contributed by atoms with E-state index in [-0.39, 0.29) is 23.9 Å². The van der Waals surface area contributed by atoms with Crippen LogP contribution < -0.4 is 10.6 Å². The average Bonchev–Trinajstić information content (AvgIpc) is 3.48. The Bertz CT molecular complexity index is 478. The molecule has 3 aliphatic rings. The van der Waals surface area contributed by atoms with Gasteiger partial charge in [0.15, 0.2) is 0 Å². The van der Waals surface area contributed by atoms with E-state index in [1.54, 1.807) is 0 Å². The minimum absolute atomic E-state index is 0.0760. The number of rotatable bonds is 6. The number of carbonyl (C=O) groups is 2. The Morgan fingerprint density at radius 2 is 1.08 bits per heavy atom. The number of hydrogen-bond acceptors (Lipinski definition) is 4. The van der Waals surface area contributed by atoms with Gasteiger partial charge >= 0.3 is 0 Å². The Labute approximate surface area is 158 Å². The van der Waals surface area contributed by atoms with Gasteiger partial charge in [-0.05, 0) is 39.5 Å². The molecule has 26 heavy (non-hydrogen) atoms. The molecule has 0 bridgehead atoms. The van der Waals surface area contributed by atoms with Crippen LogP contribution in [0.3, 0.4) is 0 Å². The van der Waals surface area contributed by atoms with Gasteiger partial charge in [-0.3, -0.25) is 19.4 Å². The van der Waals surface area contributed by atoms with Gasteiger partial charge in [-0.2, -0.15) is 0 Å². The molecular weight excluding hydrogens is 328 g/mol. The van der Waals surface area contributed by atoms with Gasteiger partial charge in [0.05, 0.1) is 12.1 Å². The summed E-state index contributed by atoms with van der Waals surface area (Å²) in [5.74, 6) is 0.324. The monoisotopic (exact) mass is 364 g/mol. The summed E-state index contributed by atoms with van der Waals surface area (Å²) in [7, 11) is 0. The molecule has 0 aromatic carbocycles. The van der Waals surface area contributed by atoms with E-state index in [0.717, 1.165) is 51.9 Å². The molecule has 1 saturated heterocycles. The minimum Gasteiger partial charge on any atom is -0.352 e. The fourth-order valence-electron chi connectivity index (χ4n) is 4.14. The van der Waals surface area contributed by atoms with Crippen molar-refractivity contribution in [3.8, 4) is 0 Å². The topological polar surface area (TPSA) is 64.7 Å². The molecule has 2 atom stereocenters. The zero-order valence-electron chi connectivity index (χ0n) is 16.5. The van der Waals surface area contributed by atoms with Gasteiger partial charge in [0.2, 0.25) is 11.8 Å². The van der Waals surface area contributed by atoms with Crippen molar-refractivity contribution in [1.82, 2.24) is 20.4 Å². The van der Waals surface area contributed by atoms with Gasteiger partial charge in [-0.1, -0.05) is 25.7 Å². The summed E-state index contributed by atoms with van der Waals surface area (Å²) < 4.78 is 0. The standard InChI is InChI=1S/C20H36N4O2/c1-15(19(25)21-17-7-5-3-4-6-8-17)23-11-13-24(14-12-23)16(2)20(26)22-18-9-10-18/h15-18H,3-14H2,1-2H3,(H,21,25)(H,22,26). The van der Waals surface area contributed by atoms with Crippen molar-refractivity contribution >= 4 is 11.8 Å². The summed E-state index contributed by atoms with van der Waals surface area (Å²) in [5.41, 5.74) is 0. The lowest BCUT2D eigenvalue weighted by molar-refractivity contribution is -0.130. The van der Waals surface area contributed by atoms with Gasteiger partial charge in [-0.15, -0.1) is 0 Å². The number of carbonyl (C=O) groups excluding carboxylic acids is 2. The first-order valence-corrected chi connectivity index (χ1v) is 10.6. The van der Waals surface area contributed by atoms with Crippen LogP contribution in [0.25, 0.3) is 0 Å². The fraction of sp³-hybridized carbons (Fsp3) is 0.900. The van der Waals surface area contributed by atoms with E-state index in [1.807, 2.05) is 13.8 Å². The number of nitrogens with zero attached hydrogens (tertiary/aromatic N) is 2. The largest absolute Gasteiger partial charge is 0.352 e. The van der Waals surface area contributed by atoms with Crippen molar-refractivity contribution in [3.63, 3.8) is 0 Å². The smallest absolute Gasteiger partial charge is 0.237 e. The first kappa shape index (κ1) is 19.6. The fourth-order valence-corrected chi connectivity index (χ4v) is 4.14. The van der Waals surface area contributed by atoms with Crippen molar-refractivity contribution in [3.05, 3.63) is 0 Å². The molecule has 6 nitrogen and oxygen atoms in total. The SMILES string of the molecule is CC(C(=O)NC1CCCCCC1)N1CCN(C(C)C(=O)NC2CC2)CC1. The zero-order chi connectivity index (χ0) is 18.5. The van der Waals surface area contributed by atoms with Crippen LogP contribution in [0.4, 0.5) is 0 Å². The summed E-state index contributed by atoms with van der Waals surface area (Å²) in [6.45, 7) is 7.40. The molecule has 2 N–H and O–H groups in total. The molecule has 2 unspecified atom stereocenters. The molecule has 2 saturated carbocycles. The number of amides is 2. The molecule has 0 aromatic rings. The van der Waals surface area contributed by atoms with Crippen molar-refractivity contribution in [2.75, 3.05) is 26.2 Å². The molecule has 6 heteroatoms. The summed E-state index contributed by atoms with van der Waals surface area (Å²) >= 11 is 0. The predicted molar refractivity (Wildman–Crippen MR) is 103 cm³/mol. The van der Waals surface area contributed by atoms with Crippen LogP contribution >= 0.6 is 0 Å². The van der Waals surface area contributed by atoms with E-state index in [4.69, 9.17) is 0 Å². The Kier molecular flexibility index (Phi) is 6.92. The molecule has 2 aliphatic carbocycles. The molecule has 0 aromatic heterocycles. The van der Waals surface area contributed by atoms with Crippen molar-refractivity contribution in [2.45, 2.75) is 89.4 Å². The Balaban J connectivity index is 1.41. The van der Waals surface area contributed by atoms with Crippen LogP contribution in [0.5, 0.6) is 0 Å². The minimum atomic E-state index is -0.0870. The van der Waals surface area contributed by atoms with E-state index < -0.39 is 0 Å². The molecule has 0 radical (unpaired) electrons. The first-order valence-electron chi connectivity index (χ1n) is 10.6. The summed E-state index contributed by atoms with van der Waals surface area (Å²) in [5, 5.41) is 6.37. The van der Waals surface area contributed by atoms with E-state index >= 15 is 0 Å². The lowest BCUT2D eigenvalue weighted by Crippen LogP contribution is -2.58. The third kappa shape index (κ3) is 5.43. The quantitative estimate of drug-likeness (QED) is 0.701. The van der Waals surface area contributed by atoms with Crippen molar-refractivity contribution < 1.29 is 9.59 Å². The average molecular weight is 365 g/mol. The van der Waals surface area contributed by atoms with Crippen molar-refractivity contribution in [1.29, 1.82) is 0 Å². The van der Waals surface area contributed by atoms with Crippen LogP contribution in [0.2, 0.25) is 0 Å². The second-order valence-corrected chi connectivity index (χ2v) is 8.40. The molecule has 0 spiro atoms. The third-order valence-corrected chi connectivity index (χ3v) is 6.33. The van der Waals surface area contributed by atoms with E-state index in [2.05, 4.69) is 20.4 Å². The molecule has 2 amide bonds. The van der Waals surface area contributed by atoms with Crippen LogP contribution in [-0.4, -0.2) is 72.0 Å². The van der Waals surface area contributed by atoms with Gasteiger partial charge in [-0.25, -0.2) is 0 Å². The highest BCUT2D eigenvalue weighted by molar-refractivity contribution is 5.82. The van der Waals surface area contributed by atoms with Crippen LogP contribution in [-0.2, 0) is 9.59 Å². The maximum absolute atomic E-state index is 12.6. The highest BCUT2D eigenvalue weighted by atomic mass is 16.2. The molecule has 3 rings (SSSR count). The molecule has 1 heterocycles. The van der Waals surface area contributed by atoms with E-state index in [1.165, 1.54) is 25.7 Å². The third-order valence-electron chi connectivity index (χ3n) is 6.33. The molecule has 1 aliphatic heterocycles. The van der Waals surface area contributed by atoms with Gasteiger partial charge < -0.3 is 10.6 Å². The maximum atomic E-state index is 12.6. The zero-order valence-corrected chi connectivity index (χ0v) is 16.5. The van der Waals surface area contributed by atoms with Gasteiger partial charge in [0, 0.05) is 38.3 Å². The molecule has 3 fully saturated rings. The highest BCUT2D eigenvalue weighted by Crippen LogP contribution is 2.20. The maximum Gasteiger partial charge on any atom is 0.237 e. The highest BCUT2D eigenvalue weighted by Gasteiger charge is 2.32. The number of hydrogen-bond donors (Lipinski definition) is 2. The number of piperazine rings is 1. The Morgan fingerprint density at radius 3 is 1.46 bits per heavy atom. The normalized spacial score (nSPS) is 25.9. The van der Waals surface area contributed by atoms with Crippen molar-refractivity contribution in [2.24, 2.45) is 0 Å². The van der Waals surface area contributed by atoms with E-state index in [0.29, 0.717) is 12.1 Å². The number of nitrogens with one attached hydrogen (secondary N) is 2. The molecule has 148 valence electrons. The van der Waals surface area contributed by atoms with Gasteiger partial charge in [0.1, 0.15) is 0 Å². The Hall–Kier alpha value is -1.14. The lowest BCUT2D eigenvalue weighted by Gasteiger charge is -2.39. The summed E-state index contributed by atoms with van der Waals surface area (Å²) in [6, 6.07) is 0.614. The second-order valence-electron chi connectivity index (χ2n) is 8.40. The second kappa shape index (κ2) is 9.18. The van der Waals surface area contributed by atoms with Crippen LogP contribution in [0.1, 0.15) is 65.2 Å². The lowest BCUT2D eigenvalue weighted by atomic mass is 10.1. The summed E-state index contributed by atoms with van der Waals surface area (Å²) in [6.07, 6.45) is 9.57. The van der Waals surface area contributed by atoms with Crippen LogP contribution in [0, 0.1) is 0 Å². The first-order chi connectivity index (χ1) is 12.5. The molecular formula is C20H36N4O2. The van der Waals surface area contributed by atoms with E-state index in [9.17, 15) is 9.59 Å². The van der Waals surface area contributed by atoms with Crippen LogP contribution in [0.15, 0.2) is 0 Å². The predicted octanol–water partition coefficient (Wildman–Crippen LogP) is 1.50.